The number of H-pyrrole nitrogens is 1. The fraction of sp³-hybridized carbons (Fsp3) is 0.182. The average Bonchev–Trinajstić information content (AvgIpc) is 2.96. The van der Waals surface area contributed by atoms with Gasteiger partial charge in [0.2, 0.25) is 11.8 Å². The van der Waals surface area contributed by atoms with Crippen molar-refractivity contribution in [2.45, 2.75) is 13.3 Å². The van der Waals surface area contributed by atoms with Crippen LogP contribution in [0.5, 0.6) is 0 Å². The number of likely N-dealkylation sites (N-methyl/N-ethyl adjacent to an activating group) is 1. The van der Waals surface area contributed by atoms with Gasteiger partial charge in [-0.25, -0.2) is 4.39 Å². The largest absolute Gasteiger partial charge is 0.358 e. The number of hydrogen-bond acceptors (Lipinski definition) is 2. The summed E-state index contributed by atoms with van der Waals surface area (Å²) in [5.74, 6) is 1.58. The number of carbonyl (C=O) groups is 2. The molecule has 0 aliphatic heterocycles. The number of aromatic amines is 1. The Morgan fingerprint density at radius 1 is 1.25 bits per heavy atom. The maximum atomic E-state index is 13.6. The van der Waals surface area contributed by atoms with E-state index in [1.54, 1.807) is 37.4 Å². The zero-order valence-electron chi connectivity index (χ0n) is 15.7. The van der Waals surface area contributed by atoms with Gasteiger partial charge in [0, 0.05) is 34.9 Å². The van der Waals surface area contributed by atoms with Crippen LogP contribution in [0.2, 0.25) is 0 Å². The molecule has 3 rings (SSSR count). The van der Waals surface area contributed by atoms with Crippen molar-refractivity contribution in [2.75, 3.05) is 18.9 Å². The minimum Gasteiger partial charge on any atom is -0.358 e. The molecule has 0 aliphatic rings. The Morgan fingerprint density at radius 3 is 2.79 bits per heavy atom. The summed E-state index contributed by atoms with van der Waals surface area (Å²) in [7, 11) is 1.56. The number of aromatic nitrogens is 1. The summed E-state index contributed by atoms with van der Waals surface area (Å²) >= 11 is 0. The zero-order valence-corrected chi connectivity index (χ0v) is 15.7. The lowest BCUT2D eigenvalue weighted by atomic mass is 10.1. The van der Waals surface area contributed by atoms with Crippen LogP contribution in [0, 0.1) is 25.1 Å². The maximum absolute atomic E-state index is 13.6. The number of terminal acetylenes is 1. The van der Waals surface area contributed by atoms with Crippen molar-refractivity contribution >= 4 is 28.4 Å². The van der Waals surface area contributed by atoms with Gasteiger partial charge in [0.15, 0.2) is 0 Å². The molecular weight excluding hydrogens is 357 g/mol. The van der Waals surface area contributed by atoms with Crippen molar-refractivity contribution in [2.24, 2.45) is 0 Å². The van der Waals surface area contributed by atoms with E-state index in [1.807, 2.05) is 6.92 Å². The highest BCUT2D eigenvalue weighted by molar-refractivity contribution is 5.96. The predicted molar refractivity (Wildman–Crippen MR) is 107 cm³/mol. The second kappa shape index (κ2) is 7.97. The molecule has 0 saturated heterocycles. The number of carbonyl (C=O) groups excluding carboxylic acids is 2. The summed E-state index contributed by atoms with van der Waals surface area (Å²) in [5, 5.41) is 3.40. The van der Waals surface area contributed by atoms with Gasteiger partial charge in [0.1, 0.15) is 5.82 Å². The number of rotatable bonds is 5. The zero-order chi connectivity index (χ0) is 20.3. The van der Waals surface area contributed by atoms with Crippen LogP contribution in [-0.4, -0.2) is 35.3 Å². The third-order valence-electron chi connectivity index (χ3n) is 4.53. The fourth-order valence-electron chi connectivity index (χ4n) is 3.06. The molecule has 5 nitrogen and oxygen atoms in total. The smallest absolute Gasteiger partial charge is 0.243 e. The molecular formula is C22H20FN3O2. The lowest BCUT2D eigenvalue weighted by Gasteiger charge is -2.17. The number of aryl methyl sites for hydroxylation is 1. The molecule has 0 atom stereocenters. The van der Waals surface area contributed by atoms with Crippen molar-refractivity contribution in [1.82, 2.24) is 9.88 Å². The fourth-order valence-corrected chi connectivity index (χ4v) is 3.06. The van der Waals surface area contributed by atoms with Crippen molar-refractivity contribution in [3.63, 3.8) is 0 Å². The van der Waals surface area contributed by atoms with Gasteiger partial charge in [0.05, 0.1) is 13.0 Å². The molecule has 0 aliphatic carbocycles. The van der Waals surface area contributed by atoms with Gasteiger partial charge in [0.25, 0.3) is 0 Å². The molecule has 0 unspecified atom stereocenters. The summed E-state index contributed by atoms with van der Waals surface area (Å²) < 4.78 is 13.6. The van der Waals surface area contributed by atoms with E-state index in [1.165, 1.54) is 17.0 Å². The molecule has 0 bridgehead atoms. The first kappa shape index (κ1) is 19.2. The molecule has 2 aromatic carbocycles. The number of anilines is 1. The molecule has 28 heavy (non-hydrogen) atoms. The Morgan fingerprint density at radius 2 is 2.04 bits per heavy atom. The third kappa shape index (κ3) is 4.21. The number of nitrogens with one attached hydrogen (secondary N) is 2. The minimum absolute atomic E-state index is 0.0750. The quantitative estimate of drug-likeness (QED) is 0.671. The van der Waals surface area contributed by atoms with Crippen LogP contribution in [0.15, 0.2) is 42.5 Å². The topological polar surface area (TPSA) is 65.2 Å². The summed E-state index contributed by atoms with van der Waals surface area (Å²) in [6.07, 6.45) is 5.43. The molecule has 1 heterocycles. The Labute approximate surface area is 162 Å². The van der Waals surface area contributed by atoms with E-state index in [4.69, 9.17) is 6.42 Å². The molecule has 0 fully saturated rings. The normalized spacial score (nSPS) is 10.5. The highest BCUT2D eigenvalue weighted by Crippen LogP contribution is 2.24. The molecule has 142 valence electrons. The maximum Gasteiger partial charge on any atom is 0.243 e. The Hall–Kier alpha value is -3.59. The van der Waals surface area contributed by atoms with Crippen molar-refractivity contribution in [1.29, 1.82) is 0 Å². The molecule has 6 heteroatoms. The van der Waals surface area contributed by atoms with Crippen molar-refractivity contribution < 1.29 is 14.0 Å². The number of hydrogen-bond donors (Lipinski definition) is 2. The van der Waals surface area contributed by atoms with Crippen LogP contribution < -0.4 is 5.32 Å². The van der Waals surface area contributed by atoms with Crippen molar-refractivity contribution in [3.8, 4) is 12.3 Å². The van der Waals surface area contributed by atoms with Crippen LogP contribution in [0.4, 0.5) is 10.1 Å². The second-order valence-corrected chi connectivity index (χ2v) is 6.62. The van der Waals surface area contributed by atoms with E-state index >= 15 is 0 Å². The van der Waals surface area contributed by atoms with E-state index in [-0.39, 0.29) is 30.6 Å². The number of fused-ring (bicyclic) bond motifs is 1. The van der Waals surface area contributed by atoms with Gasteiger partial charge < -0.3 is 15.2 Å². The van der Waals surface area contributed by atoms with Gasteiger partial charge in [-0.2, -0.15) is 0 Å². The lowest BCUT2D eigenvalue weighted by Crippen LogP contribution is -2.35. The first-order chi connectivity index (χ1) is 13.4. The number of amides is 2. The highest BCUT2D eigenvalue weighted by Gasteiger charge is 2.18. The molecule has 2 amide bonds. The Bertz CT molecular complexity index is 1090. The SMILES string of the molecule is C#Cc1cccc(NC(=O)CN(C)C(=O)Cc2c(C)[nH]c3ccc(F)cc23)c1. The minimum atomic E-state index is -0.359. The van der Waals surface area contributed by atoms with E-state index < -0.39 is 0 Å². The van der Waals surface area contributed by atoms with Gasteiger partial charge in [-0.15, -0.1) is 6.42 Å². The number of nitrogens with zero attached hydrogens (tertiary/aromatic N) is 1. The summed E-state index contributed by atoms with van der Waals surface area (Å²) in [5.41, 5.74) is 3.54. The summed E-state index contributed by atoms with van der Waals surface area (Å²) in [6, 6.07) is 11.3. The third-order valence-corrected chi connectivity index (χ3v) is 4.53. The predicted octanol–water partition coefficient (Wildman–Crippen LogP) is 3.24. The van der Waals surface area contributed by atoms with Crippen molar-refractivity contribution in [3.05, 3.63) is 65.1 Å². The standard InChI is InChI=1S/C22H20FN3O2/c1-4-15-6-5-7-17(10-15)25-21(27)13-26(3)22(28)12-18-14(2)24-20-9-8-16(23)11-19(18)20/h1,5-11,24H,12-13H2,2-3H3,(H,25,27). The molecule has 1 aromatic heterocycles. The molecule has 0 saturated carbocycles. The first-order valence-corrected chi connectivity index (χ1v) is 8.74. The summed E-state index contributed by atoms with van der Waals surface area (Å²) in [4.78, 5) is 29.3. The second-order valence-electron chi connectivity index (χ2n) is 6.62. The van der Waals surface area contributed by atoms with Crippen LogP contribution in [0.25, 0.3) is 10.9 Å². The van der Waals surface area contributed by atoms with Gasteiger partial charge in [-0.05, 0) is 48.9 Å². The molecule has 0 radical (unpaired) electrons. The lowest BCUT2D eigenvalue weighted by molar-refractivity contribution is -0.132. The van der Waals surface area contributed by atoms with Crippen LogP contribution in [0.3, 0.4) is 0 Å². The summed E-state index contributed by atoms with van der Waals surface area (Å²) in [6.45, 7) is 1.74. The van der Waals surface area contributed by atoms with Crippen LogP contribution in [0.1, 0.15) is 16.8 Å². The van der Waals surface area contributed by atoms with E-state index in [0.29, 0.717) is 16.6 Å². The number of halogens is 1. The van der Waals surface area contributed by atoms with Crippen LogP contribution in [-0.2, 0) is 16.0 Å². The van der Waals surface area contributed by atoms with Gasteiger partial charge in [-0.3, -0.25) is 9.59 Å². The molecule has 2 N–H and O–H groups in total. The Balaban J connectivity index is 1.66. The number of benzene rings is 2. The van der Waals surface area contributed by atoms with Gasteiger partial charge >= 0.3 is 0 Å². The first-order valence-electron chi connectivity index (χ1n) is 8.74. The van der Waals surface area contributed by atoms with Crippen LogP contribution >= 0.6 is 0 Å². The van der Waals surface area contributed by atoms with E-state index in [0.717, 1.165) is 16.8 Å². The average molecular weight is 377 g/mol. The van der Waals surface area contributed by atoms with Gasteiger partial charge in [-0.1, -0.05) is 12.0 Å². The monoisotopic (exact) mass is 377 g/mol. The van der Waals surface area contributed by atoms with E-state index in [2.05, 4.69) is 16.2 Å². The van der Waals surface area contributed by atoms with E-state index in [9.17, 15) is 14.0 Å². The molecule has 3 aromatic rings. The Kier molecular flexibility index (Phi) is 5.46. The molecule has 0 spiro atoms. The highest BCUT2D eigenvalue weighted by atomic mass is 19.1.